The summed E-state index contributed by atoms with van der Waals surface area (Å²) in [6, 6.07) is 20.5. The maximum Gasteiger partial charge on any atom is 0.122 e. The molecule has 0 bridgehead atoms. The first-order valence-corrected chi connectivity index (χ1v) is 7.01. The van der Waals surface area contributed by atoms with Crippen molar-refractivity contribution in [1.82, 2.24) is 0 Å². The zero-order chi connectivity index (χ0) is 13.5. The molecule has 1 heteroatoms. The van der Waals surface area contributed by atoms with Gasteiger partial charge in [0.25, 0.3) is 0 Å². The molecule has 2 aromatic carbocycles. The number of hydrogen-bond acceptors (Lipinski definition) is 0. The first kappa shape index (κ1) is 12.4. The highest BCUT2D eigenvalue weighted by molar-refractivity contribution is 5.40. The third-order valence-corrected chi connectivity index (χ3v) is 4.26. The van der Waals surface area contributed by atoms with Crippen molar-refractivity contribution in [1.29, 1.82) is 0 Å². The summed E-state index contributed by atoms with van der Waals surface area (Å²) in [5.41, 5.74) is 4.52. The Labute approximate surface area is 116 Å². The van der Waals surface area contributed by atoms with E-state index in [-0.39, 0.29) is 0 Å². The lowest BCUT2D eigenvalue weighted by atomic mass is 9.90. The molecule has 19 heavy (non-hydrogen) atoms. The van der Waals surface area contributed by atoms with Crippen LogP contribution in [0.3, 0.4) is 0 Å². The lowest BCUT2D eigenvalue weighted by molar-refractivity contribution is -0.903. The molecule has 0 fully saturated rings. The van der Waals surface area contributed by atoms with Crippen LogP contribution in [0, 0.1) is 0 Å². The van der Waals surface area contributed by atoms with Crippen LogP contribution >= 0.6 is 0 Å². The molecule has 1 aliphatic carbocycles. The van der Waals surface area contributed by atoms with Gasteiger partial charge in [-0.05, 0) is 17.5 Å². The van der Waals surface area contributed by atoms with E-state index in [0.29, 0.717) is 12.0 Å². The van der Waals surface area contributed by atoms with Crippen LogP contribution in [0.25, 0.3) is 0 Å². The zero-order valence-electron chi connectivity index (χ0n) is 12.0. The minimum atomic E-state index is 0.554. The van der Waals surface area contributed by atoms with Crippen LogP contribution in [-0.2, 0) is 6.42 Å². The molecule has 2 atom stereocenters. The summed E-state index contributed by atoms with van der Waals surface area (Å²) in [5.74, 6) is 0.596. The molecule has 0 saturated carbocycles. The molecule has 0 N–H and O–H groups in total. The van der Waals surface area contributed by atoms with Crippen molar-refractivity contribution >= 4 is 0 Å². The summed E-state index contributed by atoms with van der Waals surface area (Å²) in [6.45, 7) is 0. The van der Waals surface area contributed by atoms with Gasteiger partial charge >= 0.3 is 0 Å². The molecule has 0 aliphatic heterocycles. The van der Waals surface area contributed by atoms with Gasteiger partial charge in [-0.1, -0.05) is 54.6 Å². The fourth-order valence-electron chi connectivity index (χ4n) is 3.53. The van der Waals surface area contributed by atoms with Gasteiger partial charge in [-0.25, -0.2) is 0 Å². The number of quaternary nitrogens is 1. The molecule has 0 heterocycles. The Morgan fingerprint density at radius 3 is 2.16 bits per heavy atom. The highest BCUT2D eigenvalue weighted by Crippen LogP contribution is 2.47. The molecule has 2 aromatic rings. The Balaban J connectivity index is 2.08. The largest absolute Gasteiger partial charge is 0.324 e. The maximum atomic E-state index is 2.31. The van der Waals surface area contributed by atoms with Gasteiger partial charge in [0, 0.05) is 11.5 Å². The Morgan fingerprint density at radius 1 is 0.842 bits per heavy atom. The average molecular weight is 252 g/mol. The van der Waals surface area contributed by atoms with E-state index in [2.05, 4.69) is 75.7 Å². The smallest absolute Gasteiger partial charge is 0.122 e. The summed E-state index contributed by atoms with van der Waals surface area (Å²) >= 11 is 0. The molecule has 2 unspecified atom stereocenters. The lowest BCUT2D eigenvalue weighted by Gasteiger charge is -2.36. The van der Waals surface area contributed by atoms with Gasteiger partial charge in [0.2, 0.25) is 0 Å². The van der Waals surface area contributed by atoms with Crippen molar-refractivity contribution in [2.24, 2.45) is 0 Å². The van der Waals surface area contributed by atoms with E-state index in [1.165, 1.54) is 23.1 Å². The second kappa shape index (κ2) is 4.50. The van der Waals surface area contributed by atoms with E-state index in [1.807, 2.05) is 0 Å². The molecule has 0 amide bonds. The van der Waals surface area contributed by atoms with E-state index in [0.717, 1.165) is 4.48 Å². The molecule has 1 aliphatic rings. The predicted molar refractivity (Wildman–Crippen MR) is 80.1 cm³/mol. The van der Waals surface area contributed by atoms with Gasteiger partial charge in [0.1, 0.15) is 6.04 Å². The van der Waals surface area contributed by atoms with Crippen LogP contribution in [0.5, 0.6) is 0 Å². The van der Waals surface area contributed by atoms with E-state index < -0.39 is 0 Å². The zero-order valence-corrected chi connectivity index (χ0v) is 12.0. The second-order valence-corrected chi connectivity index (χ2v) is 6.48. The summed E-state index contributed by atoms with van der Waals surface area (Å²) < 4.78 is 0.983. The number of benzene rings is 2. The number of nitrogens with zero attached hydrogens (tertiary/aromatic N) is 1. The summed E-state index contributed by atoms with van der Waals surface area (Å²) in [6.07, 6.45) is 1.17. The van der Waals surface area contributed by atoms with Crippen molar-refractivity contribution in [2.75, 3.05) is 21.1 Å². The van der Waals surface area contributed by atoms with Gasteiger partial charge in [0.05, 0.1) is 21.1 Å². The van der Waals surface area contributed by atoms with E-state index in [9.17, 15) is 0 Å². The Kier molecular flexibility index (Phi) is 2.94. The molecular weight excluding hydrogens is 230 g/mol. The molecule has 98 valence electrons. The Hall–Kier alpha value is -1.60. The normalized spacial score (nSPS) is 22.3. The van der Waals surface area contributed by atoms with Gasteiger partial charge in [-0.15, -0.1) is 0 Å². The highest BCUT2D eigenvalue weighted by Gasteiger charge is 2.41. The van der Waals surface area contributed by atoms with Crippen LogP contribution in [0.2, 0.25) is 0 Å². The quantitative estimate of drug-likeness (QED) is 0.714. The van der Waals surface area contributed by atoms with Gasteiger partial charge in [-0.2, -0.15) is 0 Å². The first-order valence-electron chi connectivity index (χ1n) is 7.01. The number of rotatable bonds is 2. The first-order chi connectivity index (χ1) is 9.07. The third kappa shape index (κ3) is 2.19. The number of fused-ring (bicyclic) bond motifs is 1. The van der Waals surface area contributed by atoms with Gasteiger partial charge in [0.15, 0.2) is 0 Å². The van der Waals surface area contributed by atoms with Crippen LogP contribution in [0.4, 0.5) is 0 Å². The monoisotopic (exact) mass is 252 g/mol. The van der Waals surface area contributed by atoms with E-state index in [1.54, 1.807) is 0 Å². The Bertz CT molecular complexity index is 566. The molecule has 0 saturated heterocycles. The standard InChI is InChI=1S/C18H22N/c1-19(2,3)18-16-12-8-7-11-15(16)13-17(18)14-9-5-4-6-10-14/h4-12,17-18H,13H2,1-3H3/q+1. The average Bonchev–Trinajstić information content (AvgIpc) is 2.79. The van der Waals surface area contributed by atoms with Crippen LogP contribution < -0.4 is 0 Å². The summed E-state index contributed by atoms with van der Waals surface area (Å²) in [4.78, 5) is 0. The van der Waals surface area contributed by atoms with E-state index >= 15 is 0 Å². The van der Waals surface area contributed by atoms with Gasteiger partial charge in [-0.3, -0.25) is 0 Å². The predicted octanol–water partition coefficient (Wildman–Crippen LogP) is 3.77. The van der Waals surface area contributed by atoms with Crippen LogP contribution in [0.1, 0.15) is 28.7 Å². The third-order valence-electron chi connectivity index (χ3n) is 4.26. The fourth-order valence-corrected chi connectivity index (χ4v) is 3.53. The number of likely N-dealkylation sites (N-methyl/N-ethyl adjacent to an activating group) is 1. The SMILES string of the molecule is C[N+](C)(C)C1c2ccccc2CC1c1ccccc1. The molecular formula is C18H22N+. The molecule has 1 nitrogen and oxygen atoms in total. The maximum absolute atomic E-state index is 2.31. The molecule has 0 aromatic heterocycles. The second-order valence-electron chi connectivity index (χ2n) is 6.48. The van der Waals surface area contributed by atoms with Crippen molar-refractivity contribution in [3.63, 3.8) is 0 Å². The Morgan fingerprint density at radius 2 is 1.47 bits per heavy atom. The topological polar surface area (TPSA) is 0 Å². The number of hydrogen-bond donors (Lipinski definition) is 0. The van der Waals surface area contributed by atoms with Gasteiger partial charge < -0.3 is 4.48 Å². The lowest BCUT2D eigenvalue weighted by Crippen LogP contribution is -2.40. The van der Waals surface area contributed by atoms with Crippen LogP contribution in [-0.4, -0.2) is 25.6 Å². The minimum Gasteiger partial charge on any atom is -0.324 e. The van der Waals surface area contributed by atoms with Crippen molar-refractivity contribution in [2.45, 2.75) is 18.4 Å². The molecule has 0 radical (unpaired) electrons. The van der Waals surface area contributed by atoms with Crippen molar-refractivity contribution in [3.05, 3.63) is 71.3 Å². The fraction of sp³-hybridized carbons (Fsp3) is 0.333. The van der Waals surface area contributed by atoms with Crippen molar-refractivity contribution in [3.8, 4) is 0 Å². The minimum absolute atomic E-state index is 0.554. The summed E-state index contributed by atoms with van der Waals surface area (Å²) in [5, 5.41) is 0. The summed E-state index contributed by atoms with van der Waals surface area (Å²) in [7, 11) is 6.92. The molecule has 0 spiro atoms. The van der Waals surface area contributed by atoms with Crippen molar-refractivity contribution < 1.29 is 4.48 Å². The van der Waals surface area contributed by atoms with Crippen LogP contribution in [0.15, 0.2) is 54.6 Å². The highest BCUT2D eigenvalue weighted by atomic mass is 15.3. The van der Waals surface area contributed by atoms with E-state index in [4.69, 9.17) is 0 Å². The molecule has 3 rings (SSSR count).